The Bertz CT molecular complexity index is 444. The Morgan fingerprint density at radius 2 is 1.78 bits per heavy atom. The molecule has 3 amide bonds. The summed E-state index contributed by atoms with van der Waals surface area (Å²) in [7, 11) is 0. The van der Waals surface area contributed by atoms with Crippen molar-refractivity contribution in [1.29, 1.82) is 0 Å². The molecule has 0 heterocycles. The maximum Gasteiger partial charge on any atom is 0.436 e. The maximum absolute atomic E-state index is 11.8. The largest absolute Gasteiger partial charge is 0.442 e. The van der Waals surface area contributed by atoms with Crippen LogP contribution in [0, 0.1) is 0 Å². The number of carbonyl (C=O) groups excluding carboxylic acids is 3. The van der Waals surface area contributed by atoms with Gasteiger partial charge in [0.25, 0.3) is 0 Å². The molecule has 0 aliphatic rings. The topological polar surface area (TPSA) is 96.9 Å². The number of amidine groups is 1. The molecule has 0 aliphatic heterocycles. The van der Waals surface area contributed by atoms with E-state index in [2.05, 4.69) is 15.6 Å². The van der Waals surface area contributed by atoms with Crippen molar-refractivity contribution in [3.63, 3.8) is 0 Å². The molecular weight excluding hydrogens is 318 g/mol. The number of carbonyl (C=O) groups is 3. The van der Waals surface area contributed by atoms with Crippen LogP contribution >= 0.6 is 11.8 Å². The van der Waals surface area contributed by atoms with Crippen molar-refractivity contribution in [2.75, 3.05) is 12.8 Å². The number of ether oxygens (including phenoxy) is 1. The predicted octanol–water partition coefficient (Wildman–Crippen LogP) is 2.45. The highest BCUT2D eigenvalue weighted by molar-refractivity contribution is 8.13. The van der Waals surface area contributed by atoms with Crippen LogP contribution in [-0.2, 0) is 14.3 Å². The molecule has 7 nitrogen and oxygen atoms in total. The van der Waals surface area contributed by atoms with Crippen molar-refractivity contribution in [2.45, 2.75) is 59.0 Å². The van der Waals surface area contributed by atoms with Crippen LogP contribution in [0.15, 0.2) is 4.99 Å². The first-order valence-corrected chi connectivity index (χ1v) is 8.76. The van der Waals surface area contributed by atoms with Gasteiger partial charge in [0.15, 0.2) is 5.17 Å². The molecule has 0 fully saturated rings. The Labute approximate surface area is 142 Å². The van der Waals surface area contributed by atoms with Gasteiger partial charge >= 0.3 is 6.09 Å². The van der Waals surface area contributed by atoms with Crippen molar-refractivity contribution < 1.29 is 19.1 Å². The molecule has 0 saturated heterocycles. The molecule has 132 valence electrons. The standard InChI is InChI=1S/C15H27N3O4S/c1-11(19)16-10-8-6-7-9-12(20)17-13(23-5)18-14(21)22-15(2,3)4/h6-10H2,1-5H3,(H,16,19)(H,17,18,20,21). The van der Waals surface area contributed by atoms with Crippen LogP contribution in [0.5, 0.6) is 0 Å². The number of hydrogen-bond acceptors (Lipinski definition) is 5. The number of hydrogen-bond donors (Lipinski definition) is 2. The van der Waals surface area contributed by atoms with Crippen LogP contribution in [0.1, 0.15) is 53.4 Å². The first-order valence-electron chi connectivity index (χ1n) is 7.54. The van der Waals surface area contributed by atoms with E-state index in [4.69, 9.17) is 4.74 Å². The van der Waals surface area contributed by atoms with Gasteiger partial charge in [0.05, 0.1) is 0 Å². The highest BCUT2D eigenvalue weighted by Gasteiger charge is 2.16. The summed E-state index contributed by atoms with van der Waals surface area (Å²) in [5.74, 6) is -0.244. The van der Waals surface area contributed by atoms with E-state index in [0.717, 1.165) is 12.8 Å². The lowest BCUT2D eigenvalue weighted by molar-refractivity contribution is -0.120. The fourth-order valence-corrected chi connectivity index (χ4v) is 1.91. The van der Waals surface area contributed by atoms with Crippen molar-refractivity contribution in [3.8, 4) is 0 Å². The molecule has 0 spiro atoms. The summed E-state index contributed by atoms with van der Waals surface area (Å²) in [6.45, 7) is 7.34. The zero-order chi connectivity index (χ0) is 17.9. The van der Waals surface area contributed by atoms with Crippen LogP contribution in [0.4, 0.5) is 4.79 Å². The SMILES string of the molecule is CSC(=NC(=O)OC(C)(C)C)NC(=O)CCCCCNC(C)=O. The van der Waals surface area contributed by atoms with Crippen molar-refractivity contribution in [1.82, 2.24) is 10.6 Å². The fourth-order valence-electron chi connectivity index (χ4n) is 1.53. The van der Waals surface area contributed by atoms with Crippen LogP contribution in [0.3, 0.4) is 0 Å². The second kappa shape index (κ2) is 11.0. The lowest BCUT2D eigenvalue weighted by Gasteiger charge is -2.17. The smallest absolute Gasteiger partial charge is 0.436 e. The normalized spacial score (nSPS) is 11.8. The van der Waals surface area contributed by atoms with Crippen LogP contribution in [-0.4, -0.2) is 41.5 Å². The average Bonchev–Trinajstić information content (AvgIpc) is 2.39. The molecule has 0 aromatic heterocycles. The molecule has 0 radical (unpaired) electrons. The summed E-state index contributed by atoms with van der Waals surface area (Å²) in [5.41, 5.74) is -0.623. The Balaban J connectivity index is 4.09. The van der Waals surface area contributed by atoms with E-state index in [9.17, 15) is 14.4 Å². The number of unbranched alkanes of at least 4 members (excludes halogenated alkanes) is 2. The van der Waals surface area contributed by atoms with E-state index in [1.165, 1.54) is 18.7 Å². The number of nitrogens with one attached hydrogen (secondary N) is 2. The van der Waals surface area contributed by atoms with Crippen LogP contribution in [0.2, 0.25) is 0 Å². The quantitative estimate of drug-likeness (QED) is 0.438. The molecule has 8 heteroatoms. The summed E-state index contributed by atoms with van der Waals surface area (Å²) < 4.78 is 5.07. The maximum atomic E-state index is 11.8. The second-order valence-electron chi connectivity index (χ2n) is 5.94. The van der Waals surface area contributed by atoms with Gasteiger partial charge in [-0.15, -0.1) is 0 Å². The van der Waals surface area contributed by atoms with Gasteiger partial charge in [-0.05, 0) is 39.9 Å². The van der Waals surface area contributed by atoms with Crippen LogP contribution in [0.25, 0.3) is 0 Å². The third kappa shape index (κ3) is 13.8. The highest BCUT2D eigenvalue weighted by Crippen LogP contribution is 2.09. The van der Waals surface area contributed by atoms with Gasteiger partial charge in [-0.25, -0.2) is 4.79 Å². The predicted molar refractivity (Wildman–Crippen MR) is 92.5 cm³/mol. The Morgan fingerprint density at radius 1 is 1.13 bits per heavy atom. The minimum absolute atomic E-state index is 0.0503. The molecule has 0 saturated carbocycles. The minimum Gasteiger partial charge on any atom is -0.442 e. The third-order valence-electron chi connectivity index (χ3n) is 2.48. The van der Waals surface area contributed by atoms with Gasteiger partial charge in [0.2, 0.25) is 11.8 Å². The number of thioether (sulfide) groups is 1. The van der Waals surface area contributed by atoms with E-state index in [0.29, 0.717) is 19.4 Å². The summed E-state index contributed by atoms with van der Waals surface area (Å²) >= 11 is 1.17. The number of aliphatic imine (C=N–C) groups is 1. The van der Waals surface area contributed by atoms with Crippen molar-refractivity contribution in [3.05, 3.63) is 0 Å². The van der Waals surface area contributed by atoms with Gasteiger partial charge in [-0.3, -0.25) is 9.59 Å². The van der Waals surface area contributed by atoms with Crippen LogP contribution < -0.4 is 10.6 Å². The van der Waals surface area contributed by atoms with Gasteiger partial charge < -0.3 is 15.4 Å². The summed E-state index contributed by atoms with van der Waals surface area (Å²) in [6, 6.07) is 0. The molecular formula is C15H27N3O4S. The molecule has 0 atom stereocenters. The van der Waals surface area contributed by atoms with Gasteiger partial charge in [0.1, 0.15) is 5.60 Å². The molecule has 0 bridgehead atoms. The molecule has 0 unspecified atom stereocenters. The van der Waals surface area contributed by atoms with Crippen molar-refractivity contribution in [2.24, 2.45) is 4.99 Å². The van der Waals surface area contributed by atoms with Crippen molar-refractivity contribution >= 4 is 34.8 Å². The van der Waals surface area contributed by atoms with Gasteiger partial charge in [-0.2, -0.15) is 4.99 Å². The fraction of sp³-hybridized carbons (Fsp3) is 0.733. The first kappa shape index (κ1) is 21.4. The minimum atomic E-state index is -0.725. The molecule has 0 aromatic rings. The Morgan fingerprint density at radius 3 is 2.30 bits per heavy atom. The monoisotopic (exact) mass is 345 g/mol. The third-order valence-corrected chi connectivity index (χ3v) is 3.06. The zero-order valence-electron chi connectivity index (χ0n) is 14.5. The molecule has 23 heavy (non-hydrogen) atoms. The van der Waals surface area contributed by atoms with Gasteiger partial charge in [-0.1, -0.05) is 18.2 Å². The summed E-state index contributed by atoms with van der Waals surface area (Å²) in [4.78, 5) is 37.8. The summed E-state index contributed by atoms with van der Waals surface area (Å²) in [5, 5.41) is 5.52. The Hall–Kier alpha value is -1.57. The molecule has 0 aromatic carbocycles. The van der Waals surface area contributed by atoms with E-state index >= 15 is 0 Å². The highest BCUT2D eigenvalue weighted by atomic mass is 32.2. The lowest BCUT2D eigenvalue weighted by atomic mass is 10.2. The van der Waals surface area contributed by atoms with E-state index < -0.39 is 11.7 Å². The molecule has 0 rings (SSSR count). The zero-order valence-corrected chi connectivity index (χ0v) is 15.3. The number of rotatable bonds is 6. The number of amides is 3. The first-order chi connectivity index (χ1) is 10.6. The van der Waals surface area contributed by atoms with E-state index in [1.54, 1.807) is 27.0 Å². The lowest BCUT2D eigenvalue weighted by Crippen LogP contribution is -2.30. The summed E-state index contributed by atoms with van der Waals surface area (Å²) in [6.07, 6.45) is 3.71. The second-order valence-corrected chi connectivity index (χ2v) is 6.74. The molecule has 2 N–H and O–H groups in total. The van der Waals surface area contributed by atoms with E-state index in [-0.39, 0.29) is 17.0 Å². The Kier molecular flexibility index (Phi) is 10.3. The number of nitrogens with zero attached hydrogens (tertiary/aromatic N) is 1. The molecule has 0 aliphatic carbocycles. The average molecular weight is 345 g/mol. The van der Waals surface area contributed by atoms with E-state index in [1.807, 2.05) is 0 Å². The van der Waals surface area contributed by atoms with Gasteiger partial charge in [0, 0.05) is 19.9 Å².